The van der Waals surface area contributed by atoms with Crippen LogP contribution in [0.5, 0.6) is 0 Å². The van der Waals surface area contributed by atoms with Crippen molar-refractivity contribution in [3.05, 3.63) is 22.8 Å². The number of nitrogens with zero attached hydrogens (tertiary/aromatic N) is 2. The van der Waals surface area contributed by atoms with Gasteiger partial charge in [0, 0.05) is 13.0 Å². The van der Waals surface area contributed by atoms with Crippen molar-refractivity contribution in [1.82, 2.24) is 9.88 Å². The zero-order valence-electron chi connectivity index (χ0n) is 12.1. The average molecular weight is 297 g/mol. The van der Waals surface area contributed by atoms with E-state index in [-0.39, 0.29) is 11.3 Å². The van der Waals surface area contributed by atoms with Gasteiger partial charge in [0.05, 0.1) is 17.3 Å². The smallest absolute Gasteiger partial charge is 0.223 e. The maximum Gasteiger partial charge on any atom is 0.223 e. The maximum absolute atomic E-state index is 12.1. The second-order valence-electron chi connectivity index (χ2n) is 6.31. The van der Waals surface area contributed by atoms with Crippen LogP contribution in [0.2, 0.25) is 5.02 Å². The molecule has 0 aliphatic carbocycles. The minimum absolute atomic E-state index is 0.127. The normalized spacial score (nSPS) is 19.6. The van der Waals surface area contributed by atoms with Crippen LogP contribution in [0.3, 0.4) is 0 Å². The Kier molecular flexibility index (Phi) is 4.20. The lowest BCUT2D eigenvalue weighted by molar-refractivity contribution is -0.128. The van der Waals surface area contributed by atoms with E-state index < -0.39 is 0 Å². The molecule has 2 heterocycles. The molecule has 110 valence electrons. The van der Waals surface area contributed by atoms with E-state index in [4.69, 9.17) is 17.4 Å². The van der Waals surface area contributed by atoms with Crippen molar-refractivity contribution in [2.24, 2.45) is 17.2 Å². The van der Waals surface area contributed by atoms with E-state index in [0.29, 0.717) is 35.4 Å². The highest BCUT2D eigenvalue weighted by Crippen LogP contribution is 2.35. The van der Waals surface area contributed by atoms with Crippen molar-refractivity contribution in [2.75, 3.05) is 12.0 Å². The van der Waals surface area contributed by atoms with Crippen LogP contribution in [0.1, 0.15) is 32.9 Å². The number of anilines is 1. The third-order valence-electron chi connectivity index (χ3n) is 3.85. The zero-order chi connectivity index (χ0) is 14.9. The van der Waals surface area contributed by atoms with Gasteiger partial charge in [-0.1, -0.05) is 32.4 Å². The lowest BCUT2D eigenvalue weighted by Crippen LogP contribution is -2.28. The second kappa shape index (κ2) is 5.58. The van der Waals surface area contributed by atoms with Crippen LogP contribution >= 0.6 is 11.6 Å². The summed E-state index contributed by atoms with van der Waals surface area (Å²) < 4.78 is 0. The van der Waals surface area contributed by atoms with Gasteiger partial charge in [-0.2, -0.15) is 0 Å². The number of aromatic nitrogens is 1. The molecule has 0 spiro atoms. The fraction of sp³-hybridized carbons (Fsp3) is 0.571. The number of pyridine rings is 1. The topological polar surface area (TPSA) is 71.2 Å². The van der Waals surface area contributed by atoms with Gasteiger partial charge in [-0.15, -0.1) is 0 Å². The molecular weight excluding hydrogens is 276 g/mol. The minimum Gasteiger partial charge on any atom is -0.336 e. The van der Waals surface area contributed by atoms with E-state index in [1.165, 1.54) is 0 Å². The van der Waals surface area contributed by atoms with E-state index >= 15 is 0 Å². The quantitative estimate of drug-likeness (QED) is 0.664. The summed E-state index contributed by atoms with van der Waals surface area (Å²) in [4.78, 5) is 18.3. The van der Waals surface area contributed by atoms with Crippen LogP contribution in [0, 0.1) is 11.3 Å². The van der Waals surface area contributed by atoms with Gasteiger partial charge in [-0.05, 0) is 23.5 Å². The number of halogens is 1. The van der Waals surface area contributed by atoms with Crippen molar-refractivity contribution in [3.8, 4) is 0 Å². The maximum atomic E-state index is 12.1. The van der Waals surface area contributed by atoms with Crippen LogP contribution in [0.4, 0.5) is 5.82 Å². The van der Waals surface area contributed by atoms with Gasteiger partial charge >= 0.3 is 0 Å². The Bertz CT molecular complexity index is 512. The SMILES string of the molecule is CC(C)(C)C1CC(=O)N(Cc2nc(NN)ccc2Cl)C1. The van der Waals surface area contributed by atoms with Gasteiger partial charge in [0.25, 0.3) is 0 Å². The fourth-order valence-corrected chi connectivity index (χ4v) is 2.53. The molecular formula is C14H21ClN4O. The van der Waals surface area contributed by atoms with Gasteiger partial charge in [-0.3, -0.25) is 4.79 Å². The van der Waals surface area contributed by atoms with Gasteiger partial charge < -0.3 is 10.3 Å². The Labute approximate surface area is 124 Å². The predicted molar refractivity (Wildman–Crippen MR) is 80.0 cm³/mol. The monoisotopic (exact) mass is 296 g/mol. The van der Waals surface area contributed by atoms with Crippen LogP contribution in [0.15, 0.2) is 12.1 Å². The van der Waals surface area contributed by atoms with E-state index in [1.807, 2.05) is 4.90 Å². The summed E-state index contributed by atoms with van der Waals surface area (Å²) in [5.74, 6) is 6.42. The summed E-state index contributed by atoms with van der Waals surface area (Å²) in [6, 6.07) is 3.44. The molecule has 1 aliphatic rings. The van der Waals surface area contributed by atoms with Crippen LogP contribution in [-0.4, -0.2) is 22.3 Å². The number of nitrogen functional groups attached to an aromatic ring is 1. The van der Waals surface area contributed by atoms with Crippen LogP contribution in [-0.2, 0) is 11.3 Å². The molecule has 2 rings (SSSR count). The second-order valence-corrected chi connectivity index (χ2v) is 6.72. The third kappa shape index (κ3) is 3.22. The molecule has 1 unspecified atom stereocenters. The van der Waals surface area contributed by atoms with E-state index in [0.717, 1.165) is 6.54 Å². The fourth-order valence-electron chi connectivity index (χ4n) is 2.36. The zero-order valence-corrected chi connectivity index (χ0v) is 12.9. The average Bonchev–Trinajstić information content (AvgIpc) is 2.74. The number of nitrogens with one attached hydrogen (secondary N) is 1. The highest BCUT2D eigenvalue weighted by molar-refractivity contribution is 6.31. The summed E-state index contributed by atoms with van der Waals surface area (Å²) in [7, 11) is 0. The Hall–Kier alpha value is -1.33. The van der Waals surface area contributed by atoms with Crippen molar-refractivity contribution in [2.45, 2.75) is 33.7 Å². The van der Waals surface area contributed by atoms with Gasteiger partial charge in [0.15, 0.2) is 0 Å². The molecule has 3 N–H and O–H groups in total. The predicted octanol–water partition coefficient (Wildman–Crippen LogP) is 2.42. The number of carbonyl (C=O) groups is 1. The lowest BCUT2D eigenvalue weighted by atomic mass is 9.80. The number of carbonyl (C=O) groups excluding carboxylic acids is 1. The van der Waals surface area contributed by atoms with Crippen LogP contribution in [0.25, 0.3) is 0 Å². The number of likely N-dealkylation sites (tertiary alicyclic amines) is 1. The Balaban J connectivity index is 2.13. The molecule has 1 atom stereocenters. The first kappa shape index (κ1) is 15.1. The Morgan fingerprint density at radius 2 is 2.20 bits per heavy atom. The number of nitrogens with two attached hydrogens (primary N) is 1. The van der Waals surface area contributed by atoms with Gasteiger partial charge in [0.1, 0.15) is 5.82 Å². The number of hydrazine groups is 1. The highest BCUT2D eigenvalue weighted by atomic mass is 35.5. The molecule has 0 radical (unpaired) electrons. The summed E-state index contributed by atoms with van der Waals surface area (Å²) >= 11 is 6.14. The Morgan fingerprint density at radius 1 is 1.50 bits per heavy atom. The number of amides is 1. The van der Waals surface area contributed by atoms with E-state index in [2.05, 4.69) is 31.2 Å². The standard InChI is InChI=1S/C14H21ClN4O/c1-14(2,3)9-6-13(20)19(7-9)8-11-10(15)4-5-12(17-11)18-16/h4-5,9H,6-8,16H2,1-3H3,(H,17,18). The molecule has 6 heteroatoms. The summed E-state index contributed by atoms with van der Waals surface area (Å²) in [6.45, 7) is 7.68. The first-order chi connectivity index (χ1) is 9.31. The number of hydrogen-bond donors (Lipinski definition) is 2. The first-order valence-electron chi connectivity index (χ1n) is 6.71. The molecule has 0 aromatic carbocycles. The molecule has 1 saturated heterocycles. The summed E-state index contributed by atoms with van der Waals surface area (Å²) in [5.41, 5.74) is 3.29. The van der Waals surface area contributed by atoms with Crippen molar-refractivity contribution in [1.29, 1.82) is 0 Å². The molecule has 5 nitrogen and oxygen atoms in total. The van der Waals surface area contributed by atoms with Crippen LogP contribution < -0.4 is 11.3 Å². The van der Waals surface area contributed by atoms with Crippen molar-refractivity contribution >= 4 is 23.3 Å². The number of hydrogen-bond acceptors (Lipinski definition) is 4. The molecule has 0 bridgehead atoms. The summed E-state index contributed by atoms with van der Waals surface area (Å²) in [5, 5.41) is 0.552. The van der Waals surface area contributed by atoms with Crippen molar-refractivity contribution in [3.63, 3.8) is 0 Å². The molecule has 1 aliphatic heterocycles. The molecule has 1 aromatic rings. The minimum atomic E-state index is 0.127. The highest BCUT2D eigenvalue weighted by Gasteiger charge is 2.36. The molecule has 20 heavy (non-hydrogen) atoms. The van der Waals surface area contributed by atoms with E-state index in [1.54, 1.807) is 12.1 Å². The third-order valence-corrected chi connectivity index (χ3v) is 4.19. The van der Waals surface area contributed by atoms with Gasteiger partial charge in [-0.25, -0.2) is 10.8 Å². The molecule has 1 fully saturated rings. The van der Waals surface area contributed by atoms with Gasteiger partial charge in [0.2, 0.25) is 5.91 Å². The molecule has 0 saturated carbocycles. The summed E-state index contributed by atoms with van der Waals surface area (Å²) in [6.07, 6.45) is 0.593. The van der Waals surface area contributed by atoms with Crippen molar-refractivity contribution < 1.29 is 4.79 Å². The van der Waals surface area contributed by atoms with E-state index in [9.17, 15) is 4.79 Å². The Morgan fingerprint density at radius 3 is 2.75 bits per heavy atom. The first-order valence-corrected chi connectivity index (χ1v) is 7.09. The molecule has 1 amide bonds. The lowest BCUT2D eigenvalue weighted by Gasteiger charge is -2.26. The molecule has 1 aromatic heterocycles. The number of rotatable bonds is 3. The largest absolute Gasteiger partial charge is 0.336 e.